The van der Waals surface area contributed by atoms with E-state index in [0.717, 1.165) is 11.1 Å². The third-order valence-electron chi connectivity index (χ3n) is 3.44. The Balaban J connectivity index is 2.33. The van der Waals surface area contributed by atoms with E-state index in [9.17, 15) is 14.7 Å². The Labute approximate surface area is 123 Å². The van der Waals surface area contributed by atoms with E-state index in [1.807, 2.05) is 60.7 Å². The largest absolute Gasteiger partial charge is 0.479 e. The molecule has 2 aromatic rings. The number of carbonyl (C=O) groups is 2. The van der Waals surface area contributed by atoms with Crippen LogP contribution in [-0.2, 0) is 22.4 Å². The van der Waals surface area contributed by atoms with E-state index in [-0.39, 0.29) is 12.8 Å². The highest BCUT2D eigenvalue weighted by Crippen LogP contribution is 2.20. The summed E-state index contributed by atoms with van der Waals surface area (Å²) < 4.78 is 0. The van der Waals surface area contributed by atoms with Gasteiger partial charge in [0.05, 0.1) is 0 Å². The summed E-state index contributed by atoms with van der Waals surface area (Å²) in [6.45, 7) is 0. The molecule has 2 N–H and O–H groups in total. The van der Waals surface area contributed by atoms with Gasteiger partial charge in [0, 0.05) is 12.8 Å². The van der Waals surface area contributed by atoms with Crippen LogP contribution in [0, 0.1) is 0 Å². The Morgan fingerprint density at radius 3 is 1.71 bits per heavy atom. The van der Waals surface area contributed by atoms with Gasteiger partial charge in [-0.05, 0) is 11.1 Å². The van der Waals surface area contributed by atoms with E-state index in [1.165, 1.54) is 0 Å². The average molecular weight is 283 g/mol. The molecule has 21 heavy (non-hydrogen) atoms. The standard InChI is InChI=1S/C17H17NO3/c19-13-18-17(16(20)21,11-14-7-3-1-4-8-14)12-15-9-5-2-6-10-15/h1-10,13H,11-12H2,(H,18,19)(H,20,21). The summed E-state index contributed by atoms with van der Waals surface area (Å²) in [5, 5.41) is 12.2. The number of carboxylic acids is 1. The van der Waals surface area contributed by atoms with Crippen molar-refractivity contribution in [1.29, 1.82) is 0 Å². The summed E-state index contributed by atoms with van der Waals surface area (Å²) in [6.07, 6.45) is 0.924. The van der Waals surface area contributed by atoms with Crippen molar-refractivity contribution < 1.29 is 14.7 Å². The highest BCUT2D eigenvalue weighted by molar-refractivity contribution is 5.82. The molecule has 0 saturated carbocycles. The zero-order valence-corrected chi connectivity index (χ0v) is 11.5. The summed E-state index contributed by atoms with van der Waals surface area (Å²) in [6, 6.07) is 18.6. The predicted molar refractivity (Wildman–Crippen MR) is 79.9 cm³/mol. The second-order valence-electron chi connectivity index (χ2n) is 4.97. The average Bonchev–Trinajstić information content (AvgIpc) is 2.49. The minimum atomic E-state index is -1.34. The highest BCUT2D eigenvalue weighted by Gasteiger charge is 2.38. The van der Waals surface area contributed by atoms with Gasteiger partial charge in [0.15, 0.2) is 0 Å². The van der Waals surface area contributed by atoms with Crippen LogP contribution >= 0.6 is 0 Å². The van der Waals surface area contributed by atoms with Gasteiger partial charge in [0.1, 0.15) is 5.54 Å². The predicted octanol–water partition coefficient (Wildman–Crippen LogP) is 2.04. The smallest absolute Gasteiger partial charge is 0.330 e. The lowest BCUT2D eigenvalue weighted by molar-refractivity contribution is -0.146. The first-order valence-corrected chi connectivity index (χ1v) is 6.69. The first-order valence-electron chi connectivity index (χ1n) is 6.69. The second kappa shape index (κ2) is 6.70. The lowest BCUT2D eigenvalue weighted by Crippen LogP contribution is -2.55. The first kappa shape index (κ1) is 14.8. The van der Waals surface area contributed by atoms with E-state index >= 15 is 0 Å². The number of carboxylic acid groups (broad SMARTS) is 1. The van der Waals surface area contributed by atoms with Crippen molar-refractivity contribution >= 4 is 12.4 Å². The zero-order chi connectivity index (χ0) is 15.1. The molecular formula is C17H17NO3. The Bertz CT molecular complexity index is 554. The van der Waals surface area contributed by atoms with Crippen molar-refractivity contribution in [3.63, 3.8) is 0 Å². The van der Waals surface area contributed by atoms with Gasteiger partial charge >= 0.3 is 5.97 Å². The molecule has 0 radical (unpaired) electrons. The van der Waals surface area contributed by atoms with Gasteiger partial charge < -0.3 is 10.4 Å². The third-order valence-corrected chi connectivity index (χ3v) is 3.44. The van der Waals surface area contributed by atoms with Gasteiger partial charge in [0.2, 0.25) is 6.41 Å². The molecule has 0 aliphatic carbocycles. The molecule has 0 atom stereocenters. The normalized spacial score (nSPS) is 10.9. The fraction of sp³-hybridized carbons (Fsp3) is 0.176. The third kappa shape index (κ3) is 3.69. The highest BCUT2D eigenvalue weighted by atomic mass is 16.4. The van der Waals surface area contributed by atoms with Crippen molar-refractivity contribution in [2.75, 3.05) is 0 Å². The maximum atomic E-state index is 11.8. The van der Waals surface area contributed by atoms with Gasteiger partial charge in [-0.2, -0.15) is 0 Å². The minimum absolute atomic E-state index is 0.233. The maximum absolute atomic E-state index is 11.8. The molecule has 0 aliphatic rings. The molecule has 2 aromatic carbocycles. The maximum Gasteiger partial charge on any atom is 0.330 e. The van der Waals surface area contributed by atoms with E-state index in [0.29, 0.717) is 6.41 Å². The van der Waals surface area contributed by atoms with Crippen LogP contribution in [0.15, 0.2) is 60.7 Å². The van der Waals surface area contributed by atoms with E-state index < -0.39 is 11.5 Å². The molecular weight excluding hydrogens is 266 g/mol. The number of carbonyl (C=O) groups excluding carboxylic acids is 1. The number of hydrogen-bond acceptors (Lipinski definition) is 2. The molecule has 108 valence electrons. The van der Waals surface area contributed by atoms with Gasteiger partial charge in [0.25, 0.3) is 0 Å². The topological polar surface area (TPSA) is 66.4 Å². The monoisotopic (exact) mass is 283 g/mol. The quantitative estimate of drug-likeness (QED) is 0.764. The fourth-order valence-corrected chi connectivity index (χ4v) is 2.38. The molecule has 0 unspecified atom stereocenters. The van der Waals surface area contributed by atoms with Crippen LogP contribution in [0.1, 0.15) is 11.1 Å². The number of rotatable bonds is 7. The molecule has 4 nitrogen and oxygen atoms in total. The number of benzene rings is 2. The summed E-state index contributed by atoms with van der Waals surface area (Å²) in [7, 11) is 0. The lowest BCUT2D eigenvalue weighted by atomic mass is 9.84. The molecule has 0 fully saturated rings. The number of hydrogen-bond donors (Lipinski definition) is 2. The number of amides is 1. The number of nitrogens with one attached hydrogen (secondary N) is 1. The van der Waals surface area contributed by atoms with Gasteiger partial charge in [-0.15, -0.1) is 0 Å². The summed E-state index contributed by atoms with van der Waals surface area (Å²) >= 11 is 0. The molecule has 4 heteroatoms. The zero-order valence-electron chi connectivity index (χ0n) is 11.5. The van der Waals surface area contributed by atoms with Gasteiger partial charge in [-0.1, -0.05) is 60.7 Å². The van der Waals surface area contributed by atoms with Crippen molar-refractivity contribution in [1.82, 2.24) is 5.32 Å². The second-order valence-corrected chi connectivity index (χ2v) is 4.97. The Morgan fingerprint density at radius 1 is 0.952 bits per heavy atom. The summed E-state index contributed by atoms with van der Waals surface area (Å²) in [5.74, 6) is -1.04. The van der Waals surface area contributed by atoms with Crippen LogP contribution in [0.5, 0.6) is 0 Å². The number of aliphatic carboxylic acids is 1. The van der Waals surface area contributed by atoms with Crippen molar-refractivity contribution in [2.45, 2.75) is 18.4 Å². The lowest BCUT2D eigenvalue weighted by Gasteiger charge is -2.29. The fourth-order valence-electron chi connectivity index (χ4n) is 2.38. The Morgan fingerprint density at radius 2 is 1.38 bits per heavy atom. The van der Waals surface area contributed by atoms with Crippen molar-refractivity contribution in [3.8, 4) is 0 Å². The Kier molecular flexibility index (Phi) is 4.72. The van der Waals surface area contributed by atoms with Crippen LogP contribution in [0.3, 0.4) is 0 Å². The van der Waals surface area contributed by atoms with Crippen LogP contribution in [0.4, 0.5) is 0 Å². The minimum Gasteiger partial charge on any atom is -0.479 e. The molecule has 0 aromatic heterocycles. The molecule has 0 aliphatic heterocycles. The first-order chi connectivity index (χ1) is 10.2. The molecule has 2 rings (SSSR count). The summed E-state index contributed by atoms with van der Waals surface area (Å²) in [5.41, 5.74) is 0.389. The van der Waals surface area contributed by atoms with Crippen LogP contribution in [0.25, 0.3) is 0 Å². The molecule has 1 amide bonds. The molecule has 0 saturated heterocycles. The van der Waals surface area contributed by atoms with Crippen molar-refractivity contribution in [3.05, 3.63) is 71.8 Å². The van der Waals surface area contributed by atoms with Gasteiger partial charge in [-0.25, -0.2) is 4.79 Å². The van der Waals surface area contributed by atoms with Crippen LogP contribution < -0.4 is 5.32 Å². The Hall–Kier alpha value is -2.62. The van der Waals surface area contributed by atoms with E-state index in [2.05, 4.69) is 5.32 Å². The molecule has 0 bridgehead atoms. The summed E-state index contributed by atoms with van der Waals surface area (Å²) in [4.78, 5) is 22.7. The molecule has 0 spiro atoms. The van der Waals surface area contributed by atoms with Crippen LogP contribution in [0.2, 0.25) is 0 Å². The van der Waals surface area contributed by atoms with E-state index in [1.54, 1.807) is 0 Å². The molecule has 0 heterocycles. The van der Waals surface area contributed by atoms with E-state index in [4.69, 9.17) is 0 Å². The van der Waals surface area contributed by atoms with Crippen LogP contribution in [-0.4, -0.2) is 23.0 Å². The van der Waals surface area contributed by atoms with Crippen molar-refractivity contribution in [2.24, 2.45) is 0 Å². The van der Waals surface area contributed by atoms with Gasteiger partial charge in [-0.3, -0.25) is 4.79 Å². The SMILES string of the molecule is O=CNC(Cc1ccccc1)(Cc1ccccc1)C(=O)O.